The summed E-state index contributed by atoms with van der Waals surface area (Å²) < 4.78 is 11.0. The number of nitrogens with one attached hydrogen (secondary N) is 1. The molecule has 0 amide bonds. The fourth-order valence-electron chi connectivity index (χ4n) is 2.53. The van der Waals surface area contributed by atoms with Crippen molar-refractivity contribution in [2.24, 2.45) is 0 Å². The molecule has 112 valence electrons. The Labute approximate surface area is 132 Å². The summed E-state index contributed by atoms with van der Waals surface area (Å²) in [6.45, 7) is 0. The summed E-state index contributed by atoms with van der Waals surface area (Å²) in [7, 11) is 0. The van der Waals surface area contributed by atoms with E-state index in [1.165, 1.54) is 6.07 Å². The molecule has 0 unspecified atom stereocenters. The molecule has 0 aliphatic rings. The Morgan fingerprint density at radius 1 is 0.913 bits per heavy atom. The molecule has 0 saturated carbocycles. The summed E-state index contributed by atoms with van der Waals surface area (Å²) in [5.74, 6) is 1.22. The van der Waals surface area contributed by atoms with Gasteiger partial charge in [0, 0.05) is 17.0 Å². The van der Waals surface area contributed by atoms with Crippen LogP contribution in [0.25, 0.3) is 22.0 Å². The van der Waals surface area contributed by atoms with E-state index in [-0.39, 0.29) is 5.56 Å². The third-order valence-electron chi connectivity index (χ3n) is 3.65. The quantitative estimate of drug-likeness (QED) is 0.602. The van der Waals surface area contributed by atoms with E-state index in [4.69, 9.17) is 9.15 Å². The number of hydrogen-bond acceptors (Lipinski definition) is 3. The lowest BCUT2D eigenvalue weighted by molar-refractivity contribution is 0.487. The van der Waals surface area contributed by atoms with Crippen LogP contribution in [0.3, 0.4) is 0 Å². The minimum atomic E-state index is -0.186. The lowest BCUT2D eigenvalue weighted by Gasteiger charge is -2.09. The predicted molar refractivity (Wildman–Crippen MR) is 88.8 cm³/mol. The molecule has 23 heavy (non-hydrogen) atoms. The summed E-state index contributed by atoms with van der Waals surface area (Å²) in [4.78, 5) is 14.6. The standard InChI is InChI=1S/C19H13NO3/c21-19-11-18(16-3-1-2-4-17(16)20-19)23-15-7-5-13(6-8-15)14-9-10-22-12-14/h1-12H,(H,20,21). The third-order valence-corrected chi connectivity index (χ3v) is 3.65. The molecule has 0 bridgehead atoms. The SMILES string of the molecule is O=c1cc(Oc2ccc(-c3ccoc3)cc2)c2ccccc2[nH]1. The Hall–Kier alpha value is -3.27. The lowest BCUT2D eigenvalue weighted by atomic mass is 10.1. The number of aromatic nitrogens is 1. The van der Waals surface area contributed by atoms with Crippen molar-refractivity contribution in [2.75, 3.05) is 0 Å². The van der Waals surface area contributed by atoms with Gasteiger partial charge in [0.2, 0.25) is 0 Å². The molecule has 4 aromatic rings. The van der Waals surface area contributed by atoms with Crippen molar-refractivity contribution in [3.8, 4) is 22.6 Å². The number of benzene rings is 2. The second-order valence-corrected chi connectivity index (χ2v) is 5.18. The Bertz CT molecular complexity index is 999. The van der Waals surface area contributed by atoms with Gasteiger partial charge in [-0.05, 0) is 35.9 Å². The van der Waals surface area contributed by atoms with Gasteiger partial charge in [0.05, 0.1) is 18.0 Å². The first-order valence-corrected chi connectivity index (χ1v) is 7.22. The zero-order valence-corrected chi connectivity index (χ0v) is 12.2. The van der Waals surface area contributed by atoms with Gasteiger partial charge in [-0.2, -0.15) is 0 Å². The monoisotopic (exact) mass is 303 g/mol. The van der Waals surface area contributed by atoms with Crippen molar-refractivity contribution in [1.29, 1.82) is 0 Å². The van der Waals surface area contributed by atoms with E-state index in [1.54, 1.807) is 12.5 Å². The second-order valence-electron chi connectivity index (χ2n) is 5.18. The fourth-order valence-corrected chi connectivity index (χ4v) is 2.53. The molecule has 0 saturated heterocycles. The Balaban J connectivity index is 1.70. The van der Waals surface area contributed by atoms with Crippen LogP contribution in [0.4, 0.5) is 0 Å². The first kappa shape index (κ1) is 13.4. The van der Waals surface area contributed by atoms with Gasteiger partial charge in [-0.25, -0.2) is 0 Å². The molecule has 0 aliphatic heterocycles. The van der Waals surface area contributed by atoms with E-state index in [1.807, 2.05) is 54.6 Å². The molecule has 1 N–H and O–H groups in total. The van der Waals surface area contributed by atoms with Crippen LogP contribution in [-0.2, 0) is 0 Å². The molecule has 2 aromatic carbocycles. The zero-order chi connectivity index (χ0) is 15.6. The van der Waals surface area contributed by atoms with Gasteiger partial charge >= 0.3 is 0 Å². The summed E-state index contributed by atoms with van der Waals surface area (Å²) in [6.07, 6.45) is 3.34. The van der Waals surface area contributed by atoms with Gasteiger partial charge in [-0.1, -0.05) is 24.3 Å². The van der Waals surface area contributed by atoms with Crippen LogP contribution >= 0.6 is 0 Å². The van der Waals surface area contributed by atoms with E-state index in [0.29, 0.717) is 11.5 Å². The Morgan fingerprint density at radius 2 is 1.74 bits per heavy atom. The number of pyridine rings is 1. The molecule has 4 heteroatoms. The Kier molecular flexibility index (Phi) is 3.20. The largest absolute Gasteiger partial charge is 0.472 e. The summed E-state index contributed by atoms with van der Waals surface area (Å²) >= 11 is 0. The zero-order valence-electron chi connectivity index (χ0n) is 12.2. The smallest absolute Gasteiger partial charge is 0.252 e. The van der Waals surface area contributed by atoms with E-state index < -0.39 is 0 Å². The van der Waals surface area contributed by atoms with E-state index in [0.717, 1.165) is 22.0 Å². The first-order valence-electron chi connectivity index (χ1n) is 7.22. The average Bonchev–Trinajstić information content (AvgIpc) is 3.10. The first-order chi connectivity index (χ1) is 11.3. The van der Waals surface area contributed by atoms with Crippen LogP contribution in [0.5, 0.6) is 11.5 Å². The van der Waals surface area contributed by atoms with Gasteiger partial charge in [0.15, 0.2) is 0 Å². The van der Waals surface area contributed by atoms with Crippen molar-refractivity contribution in [1.82, 2.24) is 4.98 Å². The van der Waals surface area contributed by atoms with Crippen molar-refractivity contribution in [2.45, 2.75) is 0 Å². The minimum Gasteiger partial charge on any atom is -0.472 e. The average molecular weight is 303 g/mol. The summed E-state index contributed by atoms with van der Waals surface area (Å²) in [5.41, 5.74) is 2.62. The molecular weight excluding hydrogens is 290 g/mol. The molecule has 0 aliphatic carbocycles. The van der Waals surface area contributed by atoms with Crippen LogP contribution in [0, 0.1) is 0 Å². The van der Waals surface area contributed by atoms with Gasteiger partial charge in [-0.15, -0.1) is 0 Å². The van der Waals surface area contributed by atoms with Crippen LogP contribution in [0.1, 0.15) is 0 Å². The second kappa shape index (κ2) is 5.50. The molecular formula is C19H13NO3. The molecule has 2 aromatic heterocycles. The van der Waals surface area contributed by atoms with Crippen LogP contribution in [0.15, 0.2) is 82.4 Å². The number of aromatic amines is 1. The molecule has 0 radical (unpaired) electrons. The number of rotatable bonds is 3. The highest BCUT2D eigenvalue weighted by atomic mass is 16.5. The third kappa shape index (κ3) is 2.62. The maximum absolute atomic E-state index is 11.8. The van der Waals surface area contributed by atoms with Crippen molar-refractivity contribution in [3.05, 3.63) is 83.5 Å². The topological polar surface area (TPSA) is 55.2 Å². The number of ether oxygens (including phenoxy) is 1. The number of hydrogen-bond donors (Lipinski definition) is 1. The van der Waals surface area contributed by atoms with Gasteiger partial charge in [0.1, 0.15) is 11.5 Å². The van der Waals surface area contributed by atoms with Crippen molar-refractivity contribution in [3.63, 3.8) is 0 Å². The normalized spacial score (nSPS) is 10.8. The lowest BCUT2D eigenvalue weighted by Crippen LogP contribution is -2.04. The maximum Gasteiger partial charge on any atom is 0.252 e. The fraction of sp³-hybridized carbons (Fsp3) is 0. The van der Waals surface area contributed by atoms with Gasteiger partial charge in [-0.3, -0.25) is 4.79 Å². The number of fused-ring (bicyclic) bond motifs is 1. The highest BCUT2D eigenvalue weighted by molar-refractivity contribution is 5.84. The molecule has 4 nitrogen and oxygen atoms in total. The number of para-hydroxylation sites is 1. The molecule has 2 heterocycles. The van der Waals surface area contributed by atoms with Crippen molar-refractivity contribution < 1.29 is 9.15 Å². The number of H-pyrrole nitrogens is 1. The van der Waals surface area contributed by atoms with Crippen molar-refractivity contribution >= 4 is 10.9 Å². The van der Waals surface area contributed by atoms with E-state index in [2.05, 4.69) is 4.98 Å². The molecule has 0 spiro atoms. The highest BCUT2D eigenvalue weighted by Gasteiger charge is 2.06. The minimum absolute atomic E-state index is 0.186. The van der Waals surface area contributed by atoms with E-state index >= 15 is 0 Å². The van der Waals surface area contributed by atoms with E-state index in [9.17, 15) is 4.79 Å². The van der Waals surface area contributed by atoms with Crippen LogP contribution < -0.4 is 10.3 Å². The van der Waals surface area contributed by atoms with Crippen LogP contribution in [-0.4, -0.2) is 4.98 Å². The molecule has 0 fully saturated rings. The maximum atomic E-state index is 11.8. The van der Waals surface area contributed by atoms with Gasteiger partial charge < -0.3 is 14.1 Å². The highest BCUT2D eigenvalue weighted by Crippen LogP contribution is 2.29. The summed E-state index contributed by atoms with van der Waals surface area (Å²) in [6, 6.07) is 18.6. The number of furan rings is 1. The molecule has 0 atom stereocenters. The van der Waals surface area contributed by atoms with Gasteiger partial charge in [0.25, 0.3) is 5.56 Å². The predicted octanol–water partition coefficient (Wildman–Crippen LogP) is 4.58. The molecule has 4 rings (SSSR count). The summed E-state index contributed by atoms with van der Waals surface area (Å²) in [5, 5.41) is 0.867. The van der Waals surface area contributed by atoms with Crippen LogP contribution in [0.2, 0.25) is 0 Å². The Morgan fingerprint density at radius 3 is 2.52 bits per heavy atom.